The molecule has 1 aliphatic carbocycles. The number of hydrogen-bond acceptors (Lipinski definition) is 4. The van der Waals surface area contributed by atoms with E-state index in [-0.39, 0.29) is 6.42 Å². The second-order valence-electron chi connectivity index (χ2n) is 4.98. The van der Waals surface area contributed by atoms with Gasteiger partial charge in [-0.15, -0.1) is 0 Å². The summed E-state index contributed by atoms with van der Waals surface area (Å²) in [6.07, 6.45) is -3.14. The monoisotopic (exact) mass is 190 g/mol. The maximum absolute atomic E-state index is 9.79. The fourth-order valence-corrected chi connectivity index (χ4v) is 1.76. The molecule has 1 fully saturated rings. The Hall–Kier alpha value is -0.160. The van der Waals surface area contributed by atoms with Crippen LogP contribution in [-0.2, 0) is 0 Å². The van der Waals surface area contributed by atoms with Crippen LogP contribution in [0.5, 0.6) is 0 Å². The summed E-state index contributed by atoms with van der Waals surface area (Å²) >= 11 is 0. The predicted molar refractivity (Wildman–Crippen MR) is 47.0 cm³/mol. The zero-order chi connectivity index (χ0) is 10.4. The Balaban J connectivity index is 2.73. The normalized spacial score (nSPS) is 42.7. The van der Waals surface area contributed by atoms with E-state index in [1.54, 1.807) is 20.8 Å². The van der Waals surface area contributed by atoms with Crippen molar-refractivity contribution in [1.82, 2.24) is 0 Å². The molecule has 0 bridgehead atoms. The third-order valence-corrected chi connectivity index (χ3v) is 2.71. The summed E-state index contributed by atoms with van der Waals surface area (Å²) in [5, 5.41) is 37.9. The molecule has 0 spiro atoms. The molecule has 0 amide bonds. The van der Waals surface area contributed by atoms with Gasteiger partial charge in [0.2, 0.25) is 0 Å². The Bertz CT molecular complexity index is 198. The van der Waals surface area contributed by atoms with Gasteiger partial charge in [0.05, 0.1) is 12.2 Å². The molecule has 0 saturated heterocycles. The Morgan fingerprint density at radius 1 is 1.31 bits per heavy atom. The lowest BCUT2D eigenvalue weighted by atomic mass is 9.64. The van der Waals surface area contributed by atoms with Crippen LogP contribution in [0.4, 0.5) is 0 Å². The summed E-state index contributed by atoms with van der Waals surface area (Å²) in [6.45, 7) is 5.31. The minimum atomic E-state index is -1.54. The molecule has 0 aliphatic heterocycles. The molecule has 4 N–H and O–H groups in total. The zero-order valence-corrected chi connectivity index (χ0v) is 8.23. The molecule has 4 heteroatoms. The first kappa shape index (κ1) is 10.9. The van der Waals surface area contributed by atoms with Crippen LogP contribution >= 0.6 is 0 Å². The maximum Gasteiger partial charge on any atom is 0.122 e. The quantitative estimate of drug-likeness (QED) is 0.438. The molecule has 0 heterocycles. The van der Waals surface area contributed by atoms with Crippen LogP contribution in [0, 0.1) is 5.41 Å². The number of aliphatic hydroxyl groups excluding tert-OH is 3. The molecule has 0 aromatic rings. The first-order valence-corrected chi connectivity index (χ1v) is 4.46. The van der Waals surface area contributed by atoms with E-state index in [1.165, 1.54) is 0 Å². The predicted octanol–water partition coefficient (Wildman–Crippen LogP) is -0.750. The van der Waals surface area contributed by atoms with E-state index in [2.05, 4.69) is 0 Å². The van der Waals surface area contributed by atoms with Gasteiger partial charge in [-0.05, 0) is 5.41 Å². The standard InChI is InChI=1S/C9H18O4/c1-8(2,3)7(12)9(13)4-5(10)6(9)11/h5-7,10-13H,4H2,1-3H3. The highest BCUT2D eigenvalue weighted by Gasteiger charge is 2.58. The summed E-state index contributed by atoms with van der Waals surface area (Å²) in [4.78, 5) is 0. The van der Waals surface area contributed by atoms with Crippen LogP contribution in [0.15, 0.2) is 0 Å². The van der Waals surface area contributed by atoms with Crippen LogP contribution < -0.4 is 0 Å². The minimum absolute atomic E-state index is 0.0343. The summed E-state index contributed by atoms with van der Waals surface area (Å²) < 4.78 is 0. The second kappa shape index (κ2) is 2.92. The summed E-state index contributed by atoms with van der Waals surface area (Å²) in [5.74, 6) is 0. The molecule has 13 heavy (non-hydrogen) atoms. The molecule has 4 unspecified atom stereocenters. The first-order chi connectivity index (χ1) is 5.69. The van der Waals surface area contributed by atoms with Gasteiger partial charge in [0.1, 0.15) is 11.7 Å². The van der Waals surface area contributed by atoms with Gasteiger partial charge in [0.15, 0.2) is 0 Å². The molecule has 0 radical (unpaired) electrons. The van der Waals surface area contributed by atoms with Gasteiger partial charge in [-0.25, -0.2) is 0 Å². The van der Waals surface area contributed by atoms with E-state index in [4.69, 9.17) is 5.11 Å². The highest BCUT2D eigenvalue weighted by atomic mass is 16.4. The SMILES string of the molecule is CC(C)(C)C(O)C1(O)CC(O)C1O. The largest absolute Gasteiger partial charge is 0.390 e. The Morgan fingerprint density at radius 2 is 1.77 bits per heavy atom. The lowest BCUT2D eigenvalue weighted by Gasteiger charge is -2.52. The highest BCUT2D eigenvalue weighted by Crippen LogP contribution is 2.41. The van der Waals surface area contributed by atoms with E-state index in [0.717, 1.165) is 0 Å². The van der Waals surface area contributed by atoms with Crippen molar-refractivity contribution in [3.8, 4) is 0 Å². The minimum Gasteiger partial charge on any atom is -0.390 e. The van der Waals surface area contributed by atoms with Crippen molar-refractivity contribution in [3.63, 3.8) is 0 Å². The third-order valence-electron chi connectivity index (χ3n) is 2.71. The van der Waals surface area contributed by atoms with Gasteiger partial charge in [-0.3, -0.25) is 0 Å². The zero-order valence-electron chi connectivity index (χ0n) is 8.23. The maximum atomic E-state index is 9.79. The fraction of sp³-hybridized carbons (Fsp3) is 1.00. The summed E-state index contributed by atoms with van der Waals surface area (Å²) in [7, 11) is 0. The summed E-state index contributed by atoms with van der Waals surface area (Å²) in [6, 6.07) is 0. The average Bonchev–Trinajstić information content (AvgIpc) is 2.01. The van der Waals surface area contributed by atoms with Crippen LogP contribution in [0.1, 0.15) is 27.2 Å². The van der Waals surface area contributed by atoms with Crippen LogP contribution in [0.25, 0.3) is 0 Å². The molecule has 4 nitrogen and oxygen atoms in total. The van der Waals surface area contributed by atoms with Crippen molar-refractivity contribution in [1.29, 1.82) is 0 Å². The lowest BCUT2D eigenvalue weighted by molar-refractivity contribution is -0.269. The Labute approximate surface area is 77.8 Å². The molecule has 1 aliphatic rings. The van der Waals surface area contributed by atoms with E-state index < -0.39 is 29.3 Å². The molecule has 1 rings (SSSR count). The van der Waals surface area contributed by atoms with Crippen LogP contribution in [0.3, 0.4) is 0 Å². The Morgan fingerprint density at radius 3 is 2.00 bits per heavy atom. The summed E-state index contributed by atoms with van der Waals surface area (Å²) in [5.41, 5.74) is -2.05. The molecular formula is C9H18O4. The first-order valence-electron chi connectivity index (χ1n) is 4.46. The number of hydrogen-bond donors (Lipinski definition) is 4. The molecule has 0 aromatic carbocycles. The number of aliphatic hydroxyl groups is 4. The second-order valence-corrected chi connectivity index (χ2v) is 4.98. The highest BCUT2D eigenvalue weighted by molar-refractivity contribution is 5.10. The van der Waals surface area contributed by atoms with Crippen molar-refractivity contribution in [3.05, 3.63) is 0 Å². The number of rotatable bonds is 1. The third kappa shape index (κ3) is 1.59. The Kier molecular flexibility index (Phi) is 2.45. The van der Waals surface area contributed by atoms with Gasteiger partial charge in [0.25, 0.3) is 0 Å². The van der Waals surface area contributed by atoms with Gasteiger partial charge >= 0.3 is 0 Å². The van der Waals surface area contributed by atoms with Crippen molar-refractivity contribution in [2.75, 3.05) is 0 Å². The van der Waals surface area contributed by atoms with Crippen molar-refractivity contribution >= 4 is 0 Å². The van der Waals surface area contributed by atoms with Gasteiger partial charge in [-0.1, -0.05) is 20.8 Å². The lowest BCUT2D eigenvalue weighted by Crippen LogP contribution is -2.69. The molecule has 4 atom stereocenters. The molecule has 1 saturated carbocycles. The van der Waals surface area contributed by atoms with E-state index in [1.807, 2.05) is 0 Å². The van der Waals surface area contributed by atoms with E-state index >= 15 is 0 Å². The van der Waals surface area contributed by atoms with E-state index in [9.17, 15) is 15.3 Å². The topological polar surface area (TPSA) is 80.9 Å². The molecular weight excluding hydrogens is 172 g/mol. The van der Waals surface area contributed by atoms with Crippen molar-refractivity contribution in [2.45, 2.75) is 51.1 Å². The van der Waals surface area contributed by atoms with Gasteiger partial charge in [0, 0.05) is 6.42 Å². The van der Waals surface area contributed by atoms with Crippen LogP contribution in [-0.4, -0.2) is 44.3 Å². The average molecular weight is 190 g/mol. The molecule has 78 valence electrons. The van der Waals surface area contributed by atoms with Gasteiger partial charge in [-0.2, -0.15) is 0 Å². The van der Waals surface area contributed by atoms with Crippen molar-refractivity contribution < 1.29 is 20.4 Å². The van der Waals surface area contributed by atoms with Crippen molar-refractivity contribution in [2.24, 2.45) is 5.41 Å². The molecule has 0 aromatic heterocycles. The van der Waals surface area contributed by atoms with Gasteiger partial charge < -0.3 is 20.4 Å². The van der Waals surface area contributed by atoms with Crippen LogP contribution in [0.2, 0.25) is 0 Å². The smallest absolute Gasteiger partial charge is 0.122 e. The van der Waals surface area contributed by atoms with E-state index in [0.29, 0.717) is 0 Å². The fourth-order valence-electron chi connectivity index (χ4n) is 1.76.